The molecule has 0 bridgehead atoms. The molecule has 1 atom stereocenters. The fourth-order valence-corrected chi connectivity index (χ4v) is 2.74. The van der Waals surface area contributed by atoms with E-state index in [1.807, 2.05) is 11.9 Å². The van der Waals surface area contributed by atoms with Crippen LogP contribution in [0.25, 0.3) is 0 Å². The first-order valence-corrected chi connectivity index (χ1v) is 7.49. The molecule has 5 heteroatoms. The highest BCUT2D eigenvalue weighted by Crippen LogP contribution is 2.23. The van der Waals surface area contributed by atoms with E-state index in [0.717, 1.165) is 12.2 Å². The van der Waals surface area contributed by atoms with Crippen LogP contribution in [0.5, 0.6) is 0 Å². The van der Waals surface area contributed by atoms with Gasteiger partial charge in [-0.1, -0.05) is 6.92 Å². The van der Waals surface area contributed by atoms with Gasteiger partial charge in [0.2, 0.25) is 0 Å². The van der Waals surface area contributed by atoms with Crippen LogP contribution in [0.15, 0.2) is 12.3 Å². The average molecular weight is 277 g/mol. The summed E-state index contributed by atoms with van der Waals surface area (Å²) in [5.41, 5.74) is 0.502. The maximum Gasteiger partial charge on any atom is 0.170 e. The molecule has 96 valence electrons. The fourth-order valence-electron chi connectivity index (χ4n) is 1.69. The van der Waals surface area contributed by atoms with Crippen molar-refractivity contribution in [1.29, 1.82) is 0 Å². The zero-order valence-electron chi connectivity index (χ0n) is 10.4. The van der Waals surface area contributed by atoms with Crippen LogP contribution in [-0.2, 0) is 5.88 Å². The second-order valence-corrected chi connectivity index (χ2v) is 5.05. The molecule has 0 aromatic carbocycles. The standard InChI is InChI=1S/C12H18ClFN2S/c1-4-10(8-17-3)16(2)12-11(14)9(7-13)5-6-15-12/h5-6,10H,4,7-8H2,1-3H3. The largest absolute Gasteiger partial charge is 0.353 e. The van der Waals surface area contributed by atoms with Crippen LogP contribution in [0.3, 0.4) is 0 Å². The number of thioether (sulfide) groups is 1. The molecule has 0 aliphatic rings. The molecular formula is C12H18ClFN2S. The van der Waals surface area contributed by atoms with Crippen molar-refractivity contribution in [2.75, 3.05) is 24.0 Å². The normalized spacial score (nSPS) is 12.5. The summed E-state index contributed by atoms with van der Waals surface area (Å²) >= 11 is 7.45. The molecule has 0 spiro atoms. The second-order valence-electron chi connectivity index (χ2n) is 3.87. The predicted octanol–water partition coefficient (Wildman–Crippen LogP) is 3.54. The first-order chi connectivity index (χ1) is 8.15. The average Bonchev–Trinajstić information content (AvgIpc) is 2.35. The summed E-state index contributed by atoms with van der Waals surface area (Å²) in [5.74, 6) is 1.22. The predicted molar refractivity (Wildman–Crippen MR) is 74.6 cm³/mol. The van der Waals surface area contributed by atoms with Crippen LogP contribution >= 0.6 is 23.4 Å². The van der Waals surface area contributed by atoms with Crippen molar-refractivity contribution in [2.45, 2.75) is 25.3 Å². The van der Waals surface area contributed by atoms with Gasteiger partial charge in [0.15, 0.2) is 11.6 Å². The Morgan fingerprint density at radius 1 is 1.59 bits per heavy atom. The van der Waals surface area contributed by atoms with Crippen LogP contribution < -0.4 is 4.90 Å². The molecule has 0 N–H and O–H groups in total. The van der Waals surface area contributed by atoms with Gasteiger partial charge in [-0.2, -0.15) is 11.8 Å². The number of alkyl halides is 1. The third-order valence-electron chi connectivity index (χ3n) is 2.81. The molecule has 0 saturated heterocycles. The molecular weight excluding hydrogens is 259 g/mol. The minimum atomic E-state index is -0.301. The number of pyridine rings is 1. The first kappa shape index (κ1) is 14.6. The summed E-state index contributed by atoms with van der Waals surface area (Å²) in [7, 11) is 1.88. The number of rotatable bonds is 6. The van der Waals surface area contributed by atoms with Crippen LogP contribution in [0, 0.1) is 5.82 Å². The lowest BCUT2D eigenvalue weighted by atomic mass is 10.2. The van der Waals surface area contributed by atoms with Gasteiger partial charge in [0.25, 0.3) is 0 Å². The molecule has 2 nitrogen and oxygen atoms in total. The Morgan fingerprint density at radius 3 is 2.82 bits per heavy atom. The zero-order valence-corrected chi connectivity index (χ0v) is 12.0. The fraction of sp³-hybridized carbons (Fsp3) is 0.583. The number of hydrogen-bond donors (Lipinski definition) is 0. The molecule has 1 heterocycles. The van der Waals surface area contributed by atoms with Gasteiger partial charge in [0.05, 0.1) is 5.88 Å². The minimum absolute atomic E-state index is 0.175. The van der Waals surface area contributed by atoms with E-state index >= 15 is 0 Å². The Hall–Kier alpha value is -0.480. The lowest BCUT2D eigenvalue weighted by Gasteiger charge is -2.28. The first-order valence-electron chi connectivity index (χ1n) is 5.56. The number of halogens is 2. The SMILES string of the molecule is CCC(CSC)N(C)c1nccc(CCl)c1F. The van der Waals surface area contributed by atoms with Crippen LogP contribution in [0.2, 0.25) is 0 Å². The molecule has 0 saturated carbocycles. The van der Waals surface area contributed by atoms with E-state index in [9.17, 15) is 4.39 Å². The number of nitrogens with zero attached hydrogens (tertiary/aromatic N) is 2. The summed E-state index contributed by atoms with van der Waals surface area (Å²) in [5, 5.41) is 0. The van der Waals surface area contributed by atoms with Gasteiger partial charge in [-0.15, -0.1) is 11.6 Å². The molecule has 0 fully saturated rings. The summed E-state index contributed by atoms with van der Waals surface area (Å²) in [6, 6.07) is 1.91. The van der Waals surface area contributed by atoms with Crippen LogP contribution in [0.4, 0.5) is 10.2 Å². The van der Waals surface area contributed by atoms with Crippen molar-refractivity contribution in [3.8, 4) is 0 Å². The third-order valence-corrected chi connectivity index (χ3v) is 3.81. The molecule has 0 aliphatic carbocycles. The lowest BCUT2D eigenvalue weighted by molar-refractivity contribution is 0.585. The van der Waals surface area contributed by atoms with Crippen molar-refractivity contribution in [3.05, 3.63) is 23.6 Å². The number of hydrogen-bond acceptors (Lipinski definition) is 3. The van der Waals surface area contributed by atoms with Gasteiger partial charge < -0.3 is 4.90 Å². The Balaban J connectivity index is 2.98. The van der Waals surface area contributed by atoms with Crippen molar-refractivity contribution in [1.82, 2.24) is 4.98 Å². The summed E-state index contributed by atoms with van der Waals surface area (Å²) < 4.78 is 14.1. The third kappa shape index (κ3) is 3.49. The van der Waals surface area contributed by atoms with Crippen molar-refractivity contribution >= 4 is 29.2 Å². The van der Waals surface area contributed by atoms with E-state index < -0.39 is 0 Å². The highest BCUT2D eigenvalue weighted by molar-refractivity contribution is 7.98. The van der Waals surface area contributed by atoms with Gasteiger partial charge in [0, 0.05) is 30.6 Å². The maximum absolute atomic E-state index is 14.1. The van der Waals surface area contributed by atoms with Gasteiger partial charge in [-0.25, -0.2) is 9.37 Å². The number of anilines is 1. The summed E-state index contributed by atoms with van der Waals surface area (Å²) in [6.07, 6.45) is 4.62. The quantitative estimate of drug-likeness (QED) is 0.740. The van der Waals surface area contributed by atoms with Crippen molar-refractivity contribution in [3.63, 3.8) is 0 Å². The van der Waals surface area contributed by atoms with Crippen molar-refractivity contribution in [2.24, 2.45) is 0 Å². The van der Waals surface area contributed by atoms with Crippen LogP contribution in [0.1, 0.15) is 18.9 Å². The molecule has 1 aromatic rings. The Kier molecular flexibility index (Phi) is 6.06. The van der Waals surface area contributed by atoms with E-state index in [1.54, 1.807) is 24.0 Å². The van der Waals surface area contributed by atoms with E-state index in [4.69, 9.17) is 11.6 Å². The van der Waals surface area contributed by atoms with Gasteiger partial charge >= 0.3 is 0 Å². The van der Waals surface area contributed by atoms with Gasteiger partial charge in [-0.05, 0) is 18.7 Å². The zero-order chi connectivity index (χ0) is 12.8. The monoisotopic (exact) mass is 276 g/mol. The van der Waals surface area contributed by atoms with Crippen molar-refractivity contribution < 1.29 is 4.39 Å². The molecule has 0 radical (unpaired) electrons. The molecule has 1 rings (SSSR count). The highest BCUT2D eigenvalue weighted by Gasteiger charge is 2.18. The molecule has 0 amide bonds. The topological polar surface area (TPSA) is 16.1 Å². The second kappa shape index (κ2) is 7.07. The van der Waals surface area contributed by atoms with E-state index in [-0.39, 0.29) is 17.7 Å². The Morgan fingerprint density at radius 2 is 2.29 bits per heavy atom. The van der Waals surface area contributed by atoms with E-state index in [2.05, 4.69) is 18.2 Å². The van der Waals surface area contributed by atoms with E-state index in [1.165, 1.54) is 0 Å². The molecule has 17 heavy (non-hydrogen) atoms. The van der Waals surface area contributed by atoms with E-state index in [0.29, 0.717) is 11.4 Å². The summed E-state index contributed by atoms with van der Waals surface area (Å²) in [6.45, 7) is 2.10. The summed E-state index contributed by atoms with van der Waals surface area (Å²) in [4.78, 5) is 6.03. The van der Waals surface area contributed by atoms with Gasteiger partial charge in [0.1, 0.15) is 0 Å². The highest BCUT2D eigenvalue weighted by atomic mass is 35.5. The number of aromatic nitrogens is 1. The van der Waals surface area contributed by atoms with Gasteiger partial charge in [-0.3, -0.25) is 0 Å². The Labute approximate surface area is 112 Å². The molecule has 1 aromatic heterocycles. The minimum Gasteiger partial charge on any atom is -0.353 e. The Bertz CT molecular complexity index is 362. The lowest BCUT2D eigenvalue weighted by Crippen LogP contribution is -2.34. The maximum atomic E-state index is 14.1. The smallest absolute Gasteiger partial charge is 0.170 e. The molecule has 0 aliphatic heterocycles. The molecule has 1 unspecified atom stereocenters. The van der Waals surface area contributed by atoms with Crippen LogP contribution in [-0.4, -0.2) is 30.1 Å².